The van der Waals surface area contributed by atoms with E-state index in [-0.39, 0.29) is 5.91 Å². The van der Waals surface area contributed by atoms with Crippen LogP contribution in [0.2, 0.25) is 5.15 Å². The van der Waals surface area contributed by atoms with Crippen LogP contribution >= 0.6 is 11.6 Å². The predicted octanol–water partition coefficient (Wildman–Crippen LogP) is 2.26. The van der Waals surface area contributed by atoms with Crippen LogP contribution in [0.3, 0.4) is 0 Å². The van der Waals surface area contributed by atoms with Crippen LogP contribution in [0.1, 0.15) is 25.1 Å². The molecular formula is C12H18ClN3O. The van der Waals surface area contributed by atoms with Gasteiger partial charge in [0.25, 0.3) is 0 Å². The summed E-state index contributed by atoms with van der Waals surface area (Å²) in [5.74, 6) is -0.00526. The van der Waals surface area contributed by atoms with Crippen LogP contribution in [0.25, 0.3) is 6.08 Å². The zero-order valence-corrected chi connectivity index (χ0v) is 11.5. The second kappa shape index (κ2) is 5.87. The molecule has 1 rings (SSSR count). The molecule has 5 heteroatoms. The fourth-order valence-corrected chi connectivity index (χ4v) is 1.87. The van der Waals surface area contributed by atoms with Gasteiger partial charge in [-0.25, -0.2) is 0 Å². The summed E-state index contributed by atoms with van der Waals surface area (Å²) in [7, 11) is 1.78. The summed E-state index contributed by atoms with van der Waals surface area (Å²) in [6, 6.07) is 0. The molecule has 0 fully saturated rings. The number of aryl methyl sites for hydroxylation is 2. The monoisotopic (exact) mass is 255 g/mol. The van der Waals surface area contributed by atoms with E-state index < -0.39 is 0 Å². The average Bonchev–Trinajstić information content (AvgIpc) is 2.53. The van der Waals surface area contributed by atoms with Crippen molar-refractivity contribution < 1.29 is 4.79 Å². The summed E-state index contributed by atoms with van der Waals surface area (Å²) in [6.07, 6.45) is 3.27. The Hall–Kier alpha value is -1.29. The third-order valence-electron chi connectivity index (χ3n) is 2.66. The van der Waals surface area contributed by atoms with Crippen molar-refractivity contribution in [2.75, 3.05) is 13.1 Å². The summed E-state index contributed by atoms with van der Waals surface area (Å²) in [5, 5.41) is 4.73. The molecule has 0 spiro atoms. The first-order valence-corrected chi connectivity index (χ1v) is 6.05. The van der Waals surface area contributed by atoms with E-state index in [1.807, 2.05) is 20.8 Å². The second-order valence-electron chi connectivity index (χ2n) is 3.76. The maximum absolute atomic E-state index is 11.8. The van der Waals surface area contributed by atoms with E-state index >= 15 is 0 Å². The SMILES string of the molecule is CCN(CC)C(=O)/C=C/c1c(C)nn(C)c1Cl. The third kappa shape index (κ3) is 3.09. The number of halogens is 1. The predicted molar refractivity (Wildman–Crippen MR) is 69.9 cm³/mol. The lowest BCUT2D eigenvalue weighted by Crippen LogP contribution is -2.28. The number of carbonyl (C=O) groups excluding carboxylic acids is 1. The molecule has 0 aliphatic carbocycles. The summed E-state index contributed by atoms with van der Waals surface area (Å²) in [6.45, 7) is 7.20. The van der Waals surface area contributed by atoms with Crippen LogP contribution in [-0.4, -0.2) is 33.7 Å². The Labute approximate surface area is 107 Å². The normalized spacial score (nSPS) is 11.1. The van der Waals surface area contributed by atoms with E-state index in [2.05, 4.69) is 5.10 Å². The van der Waals surface area contributed by atoms with Gasteiger partial charge in [0.1, 0.15) is 5.15 Å². The Bertz CT molecular complexity index is 433. The van der Waals surface area contributed by atoms with Crippen LogP contribution in [0.4, 0.5) is 0 Å². The van der Waals surface area contributed by atoms with Gasteiger partial charge in [-0.05, 0) is 26.8 Å². The van der Waals surface area contributed by atoms with Crippen molar-refractivity contribution in [3.63, 3.8) is 0 Å². The van der Waals surface area contributed by atoms with Gasteiger partial charge >= 0.3 is 0 Å². The Morgan fingerprint density at radius 1 is 1.47 bits per heavy atom. The minimum absolute atomic E-state index is 0.00526. The standard InChI is InChI=1S/C12H18ClN3O/c1-5-16(6-2)11(17)8-7-10-9(3)14-15(4)12(10)13/h7-8H,5-6H2,1-4H3/b8-7+. The molecule has 0 bridgehead atoms. The molecule has 0 unspecified atom stereocenters. The van der Waals surface area contributed by atoms with Gasteiger partial charge in [-0.1, -0.05) is 11.6 Å². The summed E-state index contributed by atoms with van der Waals surface area (Å²) < 4.78 is 1.60. The molecule has 1 amide bonds. The Balaban J connectivity index is 2.87. The number of carbonyl (C=O) groups is 1. The highest BCUT2D eigenvalue weighted by Crippen LogP contribution is 2.19. The number of hydrogen-bond donors (Lipinski definition) is 0. The number of aromatic nitrogens is 2. The molecule has 0 aliphatic rings. The second-order valence-corrected chi connectivity index (χ2v) is 4.12. The molecule has 0 radical (unpaired) electrons. The largest absolute Gasteiger partial charge is 0.340 e. The molecule has 94 valence electrons. The fraction of sp³-hybridized carbons (Fsp3) is 0.500. The first kappa shape index (κ1) is 13.8. The lowest BCUT2D eigenvalue weighted by Gasteiger charge is -2.15. The number of rotatable bonds is 4. The minimum atomic E-state index is -0.00526. The van der Waals surface area contributed by atoms with E-state index in [1.54, 1.807) is 28.8 Å². The van der Waals surface area contributed by atoms with Gasteiger partial charge in [0.15, 0.2) is 0 Å². The number of nitrogens with zero attached hydrogens (tertiary/aromatic N) is 3. The van der Waals surface area contributed by atoms with E-state index in [0.29, 0.717) is 18.2 Å². The Morgan fingerprint density at radius 3 is 2.47 bits per heavy atom. The number of likely N-dealkylation sites (N-methyl/N-ethyl adjacent to an activating group) is 1. The van der Waals surface area contributed by atoms with Crippen molar-refractivity contribution in [2.45, 2.75) is 20.8 Å². The van der Waals surface area contributed by atoms with Gasteiger partial charge < -0.3 is 4.90 Å². The molecule has 0 aromatic carbocycles. The molecule has 1 aromatic heterocycles. The highest BCUT2D eigenvalue weighted by Gasteiger charge is 2.10. The minimum Gasteiger partial charge on any atom is -0.340 e. The molecule has 1 aromatic rings. The van der Waals surface area contributed by atoms with Crippen molar-refractivity contribution in [1.29, 1.82) is 0 Å². The Kier molecular flexibility index (Phi) is 4.75. The number of amides is 1. The van der Waals surface area contributed by atoms with Crippen molar-refractivity contribution >= 4 is 23.6 Å². The highest BCUT2D eigenvalue weighted by molar-refractivity contribution is 6.31. The van der Waals surface area contributed by atoms with Gasteiger partial charge in [-0.15, -0.1) is 0 Å². The molecule has 1 heterocycles. The first-order valence-electron chi connectivity index (χ1n) is 5.67. The van der Waals surface area contributed by atoms with Crippen LogP contribution < -0.4 is 0 Å². The van der Waals surface area contributed by atoms with Gasteiger partial charge in [-0.3, -0.25) is 9.48 Å². The van der Waals surface area contributed by atoms with Crippen molar-refractivity contribution in [3.8, 4) is 0 Å². The van der Waals surface area contributed by atoms with Gasteiger partial charge in [0.05, 0.1) is 5.69 Å². The third-order valence-corrected chi connectivity index (χ3v) is 3.11. The summed E-state index contributed by atoms with van der Waals surface area (Å²) in [5.41, 5.74) is 1.62. The fourth-order valence-electron chi connectivity index (χ4n) is 1.63. The van der Waals surface area contributed by atoms with E-state index in [9.17, 15) is 4.79 Å². The van der Waals surface area contributed by atoms with Gasteiger partial charge in [-0.2, -0.15) is 5.10 Å². The van der Waals surface area contributed by atoms with Crippen LogP contribution in [0, 0.1) is 6.92 Å². The van der Waals surface area contributed by atoms with Crippen LogP contribution in [0.15, 0.2) is 6.08 Å². The Morgan fingerprint density at radius 2 is 2.06 bits per heavy atom. The molecule has 0 atom stereocenters. The van der Waals surface area contributed by atoms with Gasteiger partial charge in [0.2, 0.25) is 5.91 Å². The molecular weight excluding hydrogens is 238 g/mol. The summed E-state index contributed by atoms with van der Waals surface area (Å²) in [4.78, 5) is 13.5. The van der Waals surface area contributed by atoms with Crippen molar-refractivity contribution in [3.05, 3.63) is 22.5 Å². The molecule has 0 saturated carbocycles. The van der Waals surface area contributed by atoms with Gasteiger partial charge in [0, 0.05) is 31.8 Å². The average molecular weight is 256 g/mol. The van der Waals surface area contributed by atoms with Crippen molar-refractivity contribution in [1.82, 2.24) is 14.7 Å². The van der Waals surface area contributed by atoms with Crippen LogP contribution in [-0.2, 0) is 11.8 Å². The molecule has 0 N–H and O–H groups in total. The molecule has 0 aliphatic heterocycles. The maximum Gasteiger partial charge on any atom is 0.246 e. The molecule has 17 heavy (non-hydrogen) atoms. The summed E-state index contributed by atoms with van der Waals surface area (Å²) >= 11 is 6.07. The molecule has 4 nitrogen and oxygen atoms in total. The highest BCUT2D eigenvalue weighted by atomic mass is 35.5. The lowest BCUT2D eigenvalue weighted by atomic mass is 10.2. The van der Waals surface area contributed by atoms with E-state index in [0.717, 1.165) is 11.3 Å². The van der Waals surface area contributed by atoms with Crippen LogP contribution in [0.5, 0.6) is 0 Å². The lowest BCUT2D eigenvalue weighted by molar-refractivity contribution is -0.125. The topological polar surface area (TPSA) is 38.1 Å². The zero-order valence-electron chi connectivity index (χ0n) is 10.7. The maximum atomic E-state index is 11.8. The first-order chi connectivity index (χ1) is 8.01. The zero-order chi connectivity index (χ0) is 13.0. The smallest absolute Gasteiger partial charge is 0.246 e. The number of hydrogen-bond acceptors (Lipinski definition) is 2. The van der Waals surface area contributed by atoms with E-state index in [4.69, 9.17) is 11.6 Å². The quantitative estimate of drug-likeness (QED) is 0.774. The van der Waals surface area contributed by atoms with Crippen molar-refractivity contribution in [2.24, 2.45) is 7.05 Å². The van der Waals surface area contributed by atoms with E-state index in [1.165, 1.54) is 0 Å². The molecule has 0 saturated heterocycles.